The highest BCUT2D eigenvalue weighted by Gasteiger charge is 2.48. The minimum absolute atomic E-state index is 0.105. The van der Waals surface area contributed by atoms with Gasteiger partial charge in [0, 0.05) is 11.3 Å². The fourth-order valence-electron chi connectivity index (χ4n) is 3.72. The van der Waals surface area contributed by atoms with Gasteiger partial charge in [-0.05, 0) is 29.7 Å². The van der Waals surface area contributed by atoms with Crippen molar-refractivity contribution in [1.82, 2.24) is 15.5 Å². The van der Waals surface area contributed by atoms with Gasteiger partial charge in [-0.2, -0.15) is 0 Å². The van der Waals surface area contributed by atoms with E-state index in [1.807, 2.05) is 32.0 Å². The van der Waals surface area contributed by atoms with Crippen molar-refractivity contribution in [3.63, 3.8) is 0 Å². The summed E-state index contributed by atoms with van der Waals surface area (Å²) in [4.78, 5) is 40.1. The summed E-state index contributed by atoms with van der Waals surface area (Å²) in [6, 6.07) is 9.71. The van der Waals surface area contributed by atoms with E-state index in [0.717, 1.165) is 5.56 Å². The van der Waals surface area contributed by atoms with Crippen molar-refractivity contribution in [3.8, 4) is 0 Å². The first-order chi connectivity index (χ1) is 14.0. The number of amides is 3. The molecule has 0 aliphatic carbocycles. The zero-order valence-corrected chi connectivity index (χ0v) is 17.1. The molecule has 0 spiro atoms. The second-order valence-electron chi connectivity index (χ2n) is 7.53. The highest BCUT2D eigenvalue weighted by Crippen LogP contribution is 2.48. The molecule has 0 radical (unpaired) electrons. The van der Waals surface area contributed by atoms with Gasteiger partial charge in [-0.3, -0.25) is 14.4 Å². The lowest BCUT2D eigenvalue weighted by Crippen LogP contribution is -2.55. The number of rotatable bonds is 6. The summed E-state index contributed by atoms with van der Waals surface area (Å²) in [7, 11) is 0. The first-order valence-corrected chi connectivity index (χ1v) is 10.7. The number of benzene rings is 1. The average Bonchev–Trinajstić information content (AvgIpc) is 3.43. The van der Waals surface area contributed by atoms with E-state index >= 15 is 0 Å². The molecule has 3 heterocycles. The lowest BCUT2D eigenvalue weighted by Gasteiger charge is -2.27. The zero-order chi connectivity index (χ0) is 20.5. The molecule has 0 unspecified atom stereocenters. The molecule has 2 aromatic rings. The zero-order valence-electron chi connectivity index (χ0n) is 16.3. The van der Waals surface area contributed by atoms with Crippen LogP contribution in [-0.4, -0.2) is 40.5 Å². The van der Waals surface area contributed by atoms with Crippen LogP contribution in [0.4, 0.5) is 0 Å². The molecule has 2 aliphatic heterocycles. The smallest absolute Gasteiger partial charge is 0.256 e. The highest BCUT2D eigenvalue weighted by molar-refractivity contribution is 7.99. The second-order valence-corrected chi connectivity index (χ2v) is 8.64. The molecule has 3 amide bonds. The van der Waals surface area contributed by atoms with Crippen molar-refractivity contribution in [3.05, 3.63) is 59.5 Å². The van der Waals surface area contributed by atoms with Crippen molar-refractivity contribution in [2.24, 2.45) is 5.92 Å². The van der Waals surface area contributed by atoms with Crippen LogP contribution in [0.3, 0.4) is 0 Å². The van der Waals surface area contributed by atoms with Gasteiger partial charge in [0.15, 0.2) is 0 Å². The number of hydrogen-bond acceptors (Lipinski definition) is 5. The van der Waals surface area contributed by atoms with Crippen LogP contribution < -0.4 is 10.6 Å². The van der Waals surface area contributed by atoms with Crippen molar-refractivity contribution in [1.29, 1.82) is 0 Å². The Kier molecular flexibility index (Phi) is 5.36. The van der Waals surface area contributed by atoms with Crippen LogP contribution in [0.2, 0.25) is 0 Å². The van der Waals surface area contributed by atoms with E-state index in [9.17, 15) is 14.4 Å². The molecule has 152 valence electrons. The third kappa shape index (κ3) is 3.64. The van der Waals surface area contributed by atoms with Crippen LogP contribution >= 0.6 is 11.8 Å². The molecule has 1 saturated heterocycles. The summed E-state index contributed by atoms with van der Waals surface area (Å²) in [5.74, 6) is 0.347. The first kappa shape index (κ1) is 19.6. The second kappa shape index (κ2) is 7.94. The maximum atomic E-state index is 13.0. The molecule has 1 aromatic heterocycles. The Balaban J connectivity index is 1.43. The molecule has 8 heteroatoms. The molecule has 0 bridgehead atoms. The number of carbonyl (C=O) groups is 3. The molecule has 3 atom stereocenters. The summed E-state index contributed by atoms with van der Waals surface area (Å²) in [5.41, 5.74) is 1.61. The standard InChI is InChI=1S/C21H23N3O4S/c1-12(2)17(19(26)22-10-13-6-5-9-28-13)23-18(25)16-11-29-21-15-8-4-3-7-14(15)20(27)24(16)21/h3-9,12,16-17,21H,10-11H2,1-2H3,(H,22,26)(H,23,25)/t16-,17-,21+/m0/s1. The van der Waals surface area contributed by atoms with Gasteiger partial charge < -0.3 is 20.0 Å². The number of fused-ring (bicyclic) bond motifs is 3. The van der Waals surface area contributed by atoms with Gasteiger partial charge >= 0.3 is 0 Å². The Morgan fingerprint density at radius 3 is 2.76 bits per heavy atom. The summed E-state index contributed by atoms with van der Waals surface area (Å²) < 4.78 is 5.23. The van der Waals surface area contributed by atoms with Crippen molar-refractivity contribution in [2.75, 3.05) is 5.75 Å². The summed E-state index contributed by atoms with van der Waals surface area (Å²) in [5, 5.41) is 5.52. The fourth-order valence-corrected chi connectivity index (χ4v) is 5.19. The van der Waals surface area contributed by atoms with Gasteiger partial charge in [-0.25, -0.2) is 0 Å². The van der Waals surface area contributed by atoms with Gasteiger partial charge in [-0.15, -0.1) is 11.8 Å². The number of nitrogens with zero attached hydrogens (tertiary/aromatic N) is 1. The van der Waals surface area contributed by atoms with Gasteiger partial charge in [-0.1, -0.05) is 32.0 Å². The molecular weight excluding hydrogens is 390 g/mol. The van der Waals surface area contributed by atoms with Crippen molar-refractivity contribution in [2.45, 2.75) is 37.8 Å². The monoisotopic (exact) mass is 413 g/mol. The van der Waals surface area contributed by atoms with Gasteiger partial charge in [0.25, 0.3) is 5.91 Å². The maximum Gasteiger partial charge on any atom is 0.256 e. The predicted molar refractivity (Wildman–Crippen MR) is 109 cm³/mol. The lowest BCUT2D eigenvalue weighted by atomic mass is 10.0. The van der Waals surface area contributed by atoms with Crippen LogP contribution in [0.1, 0.15) is 40.9 Å². The topological polar surface area (TPSA) is 91.7 Å². The Morgan fingerprint density at radius 2 is 2.03 bits per heavy atom. The van der Waals surface area contributed by atoms with E-state index in [-0.39, 0.29) is 35.6 Å². The number of furan rings is 1. The van der Waals surface area contributed by atoms with Crippen LogP contribution in [0.25, 0.3) is 0 Å². The van der Waals surface area contributed by atoms with Crippen LogP contribution in [0.15, 0.2) is 47.1 Å². The molecule has 7 nitrogen and oxygen atoms in total. The highest BCUT2D eigenvalue weighted by atomic mass is 32.2. The number of carbonyl (C=O) groups excluding carboxylic acids is 3. The Labute approximate surface area is 173 Å². The quantitative estimate of drug-likeness (QED) is 0.758. The molecular formula is C21H23N3O4S. The Morgan fingerprint density at radius 1 is 1.24 bits per heavy atom. The van der Waals surface area contributed by atoms with E-state index < -0.39 is 12.1 Å². The minimum Gasteiger partial charge on any atom is -0.467 e. The Hall–Kier alpha value is -2.74. The number of thioether (sulfide) groups is 1. The van der Waals surface area contributed by atoms with E-state index in [1.165, 1.54) is 0 Å². The third-order valence-corrected chi connectivity index (χ3v) is 6.56. The summed E-state index contributed by atoms with van der Waals surface area (Å²) in [6.45, 7) is 4.01. The molecule has 2 aliphatic rings. The van der Waals surface area contributed by atoms with E-state index in [1.54, 1.807) is 41.1 Å². The van der Waals surface area contributed by atoms with Crippen LogP contribution in [0, 0.1) is 5.92 Å². The molecule has 4 rings (SSSR count). The summed E-state index contributed by atoms with van der Waals surface area (Å²) >= 11 is 1.58. The van der Waals surface area contributed by atoms with Crippen molar-refractivity contribution >= 4 is 29.5 Å². The fraction of sp³-hybridized carbons (Fsp3) is 0.381. The molecule has 0 saturated carbocycles. The normalized spacial score (nSPS) is 21.1. The van der Waals surface area contributed by atoms with Crippen LogP contribution in [0.5, 0.6) is 0 Å². The number of hydrogen-bond donors (Lipinski definition) is 2. The lowest BCUT2D eigenvalue weighted by molar-refractivity contribution is -0.132. The largest absolute Gasteiger partial charge is 0.467 e. The van der Waals surface area contributed by atoms with Gasteiger partial charge in [0.05, 0.1) is 12.8 Å². The van der Waals surface area contributed by atoms with E-state index in [0.29, 0.717) is 17.1 Å². The van der Waals surface area contributed by atoms with Gasteiger partial charge in [0.1, 0.15) is 23.2 Å². The van der Waals surface area contributed by atoms with E-state index in [4.69, 9.17) is 4.42 Å². The minimum atomic E-state index is -0.693. The first-order valence-electron chi connectivity index (χ1n) is 9.61. The number of nitrogens with one attached hydrogen (secondary N) is 2. The average molecular weight is 413 g/mol. The maximum absolute atomic E-state index is 13.0. The molecule has 29 heavy (non-hydrogen) atoms. The van der Waals surface area contributed by atoms with E-state index in [2.05, 4.69) is 10.6 Å². The molecule has 1 aromatic carbocycles. The third-order valence-electron chi connectivity index (χ3n) is 5.26. The molecule has 2 N–H and O–H groups in total. The van der Waals surface area contributed by atoms with Crippen molar-refractivity contribution < 1.29 is 18.8 Å². The Bertz CT molecular complexity index is 928. The SMILES string of the molecule is CC(C)[C@H](NC(=O)[C@@H]1CS[C@@H]2c3ccccc3C(=O)N21)C(=O)NCc1ccco1. The van der Waals surface area contributed by atoms with Crippen LogP contribution in [-0.2, 0) is 16.1 Å². The summed E-state index contributed by atoms with van der Waals surface area (Å²) in [6.07, 6.45) is 1.54. The molecule has 1 fully saturated rings. The van der Waals surface area contributed by atoms with Gasteiger partial charge in [0.2, 0.25) is 11.8 Å². The predicted octanol–water partition coefficient (Wildman–Crippen LogP) is 2.31.